The molecule has 2 amide bonds. The maximum absolute atomic E-state index is 12.9. The minimum Gasteiger partial charge on any atom is -0.342 e. The summed E-state index contributed by atoms with van der Waals surface area (Å²) < 4.78 is 0. The first kappa shape index (κ1) is 20.7. The summed E-state index contributed by atoms with van der Waals surface area (Å²) in [5.74, 6) is -0.0858. The molecule has 2 unspecified atom stereocenters. The first-order chi connectivity index (χ1) is 11.7. The van der Waals surface area contributed by atoms with Crippen LogP contribution in [0.1, 0.15) is 36.5 Å². The Morgan fingerprint density at radius 1 is 1.27 bits per heavy atom. The van der Waals surface area contributed by atoms with Crippen molar-refractivity contribution in [1.82, 2.24) is 4.90 Å². The molecule has 0 aromatic heterocycles. The Morgan fingerprint density at radius 3 is 2.42 bits per heavy atom. The Labute approximate surface area is 162 Å². The number of nitrogens with zero attached hydrogens (tertiary/aromatic N) is 2. The van der Waals surface area contributed by atoms with E-state index in [1.165, 1.54) is 5.56 Å². The Balaban J connectivity index is 0.00000243. The number of benzene rings is 1. The number of carbonyl (C=O) groups is 2. The van der Waals surface area contributed by atoms with Crippen molar-refractivity contribution in [2.24, 2.45) is 17.1 Å². The summed E-state index contributed by atoms with van der Waals surface area (Å²) in [5, 5.41) is 0. The van der Waals surface area contributed by atoms with Gasteiger partial charge in [0, 0.05) is 31.7 Å². The molecule has 6 heteroatoms. The second-order valence-electron chi connectivity index (χ2n) is 8.18. The van der Waals surface area contributed by atoms with Crippen LogP contribution in [0, 0.1) is 32.1 Å². The van der Waals surface area contributed by atoms with Crippen LogP contribution < -0.4 is 10.6 Å². The van der Waals surface area contributed by atoms with Gasteiger partial charge in [-0.3, -0.25) is 9.59 Å². The molecule has 2 aliphatic rings. The van der Waals surface area contributed by atoms with Gasteiger partial charge in [0.15, 0.2) is 0 Å². The van der Waals surface area contributed by atoms with Gasteiger partial charge < -0.3 is 15.5 Å². The molecule has 5 nitrogen and oxygen atoms in total. The van der Waals surface area contributed by atoms with E-state index in [1.807, 2.05) is 23.6 Å². The molecule has 0 saturated carbocycles. The molecular formula is C20H30ClN3O2. The van der Waals surface area contributed by atoms with Gasteiger partial charge >= 0.3 is 0 Å². The number of rotatable bonds is 3. The highest BCUT2D eigenvalue weighted by molar-refractivity contribution is 6.01. The molecular weight excluding hydrogens is 350 g/mol. The lowest BCUT2D eigenvalue weighted by atomic mass is 9.90. The van der Waals surface area contributed by atoms with Gasteiger partial charge in [0.25, 0.3) is 0 Å². The van der Waals surface area contributed by atoms with Crippen LogP contribution in [0.15, 0.2) is 12.1 Å². The lowest BCUT2D eigenvalue weighted by Gasteiger charge is -2.25. The van der Waals surface area contributed by atoms with E-state index in [4.69, 9.17) is 5.73 Å². The molecule has 2 heterocycles. The van der Waals surface area contributed by atoms with Crippen LogP contribution in [0.2, 0.25) is 0 Å². The monoisotopic (exact) mass is 379 g/mol. The molecule has 0 aliphatic carbocycles. The molecule has 3 rings (SSSR count). The van der Waals surface area contributed by atoms with Crippen LogP contribution in [0.25, 0.3) is 0 Å². The van der Waals surface area contributed by atoms with Gasteiger partial charge in [-0.05, 0) is 50.3 Å². The Hall–Kier alpha value is -1.59. The fraction of sp³-hybridized carbons (Fsp3) is 0.600. The van der Waals surface area contributed by atoms with Crippen LogP contribution in [0.5, 0.6) is 0 Å². The summed E-state index contributed by atoms with van der Waals surface area (Å²) in [7, 11) is 0. The van der Waals surface area contributed by atoms with E-state index < -0.39 is 0 Å². The number of amides is 2. The van der Waals surface area contributed by atoms with E-state index in [0.717, 1.165) is 29.8 Å². The molecule has 0 radical (unpaired) electrons. The molecule has 2 atom stereocenters. The SMILES string of the molecule is Cc1cc(C)c(N2CC(C(=O)N3CCC(C)(CN)C3)CC2=O)c(C)c1.Cl. The molecule has 2 fully saturated rings. The molecule has 1 aromatic rings. The lowest BCUT2D eigenvalue weighted by molar-refractivity contribution is -0.135. The maximum Gasteiger partial charge on any atom is 0.228 e. The van der Waals surface area contributed by atoms with Crippen molar-refractivity contribution < 1.29 is 9.59 Å². The molecule has 2 N–H and O–H groups in total. The van der Waals surface area contributed by atoms with Gasteiger partial charge in [-0.25, -0.2) is 0 Å². The van der Waals surface area contributed by atoms with Gasteiger partial charge in [-0.15, -0.1) is 12.4 Å². The van der Waals surface area contributed by atoms with E-state index in [0.29, 0.717) is 26.1 Å². The Morgan fingerprint density at radius 2 is 1.88 bits per heavy atom. The van der Waals surface area contributed by atoms with Gasteiger partial charge in [0.2, 0.25) is 11.8 Å². The summed E-state index contributed by atoms with van der Waals surface area (Å²) in [6.07, 6.45) is 1.25. The van der Waals surface area contributed by atoms with Crippen molar-refractivity contribution in [1.29, 1.82) is 0 Å². The Kier molecular flexibility index (Phi) is 6.03. The summed E-state index contributed by atoms with van der Waals surface area (Å²) in [4.78, 5) is 29.2. The molecule has 2 saturated heterocycles. The van der Waals surface area contributed by atoms with E-state index >= 15 is 0 Å². The molecule has 26 heavy (non-hydrogen) atoms. The third-order valence-electron chi connectivity index (χ3n) is 5.74. The lowest BCUT2D eigenvalue weighted by Crippen LogP contribution is -2.38. The van der Waals surface area contributed by atoms with Crippen LogP contribution in [0.3, 0.4) is 0 Å². The molecule has 2 aliphatic heterocycles. The zero-order chi connectivity index (χ0) is 18.4. The van der Waals surface area contributed by atoms with Crippen molar-refractivity contribution >= 4 is 29.9 Å². The predicted molar refractivity (Wildman–Crippen MR) is 107 cm³/mol. The average Bonchev–Trinajstić information content (AvgIpc) is 3.11. The van der Waals surface area contributed by atoms with Gasteiger partial charge in [-0.2, -0.15) is 0 Å². The molecule has 1 aromatic carbocycles. The third kappa shape index (κ3) is 3.74. The Bertz CT molecular complexity index is 698. The molecule has 0 spiro atoms. The van der Waals surface area contributed by atoms with Crippen LogP contribution in [-0.4, -0.2) is 42.9 Å². The van der Waals surface area contributed by atoms with E-state index in [1.54, 1.807) is 0 Å². The van der Waals surface area contributed by atoms with E-state index in [9.17, 15) is 9.59 Å². The quantitative estimate of drug-likeness (QED) is 0.877. The minimum absolute atomic E-state index is 0. The van der Waals surface area contributed by atoms with Crippen LogP contribution in [0.4, 0.5) is 5.69 Å². The zero-order valence-electron chi connectivity index (χ0n) is 16.2. The van der Waals surface area contributed by atoms with E-state index in [-0.39, 0.29) is 35.6 Å². The number of hydrogen-bond donors (Lipinski definition) is 1. The number of likely N-dealkylation sites (tertiary alicyclic amines) is 1. The normalized spacial score (nSPS) is 25.6. The highest BCUT2D eigenvalue weighted by Crippen LogP contribution is 2.34. The van der Waals surface area contributed by atoms with Gasteiger partial charge in [0.05, 0.1) is 5.92 Å². The van der Waals surface area contributed by atoms with Crippen molar-refractivity contribution in [3.63, 3.8) is 0 Å². The van der Waals surface area contributed by atoms with E-state index in [2.05, 4.69) is 26.0 Å². The fourth-order valence-corrected chi connectivity index (χ4v) is 4.32. The second-order valence-corrected chi connectivity index (χ2v) is 8.18. The van der Waals surface area contributed by atoms with Crippen molar-refractivity contribution in [3.8, 4) is 0 Å². The smallest absolute Gasteiger partial charge is 0.228 e. The zero-order valence-corrected chi connectivity index (χ0v) is 17.0. The average molecular weight is 380 g/mol. The number of carbonyl (C=O) groups excluding carboxylic acids is 2. The maximum atomic E-state index is 12.9. The topological polar surface area (TPSA) is 66.6 Å². The third-order valence-corrected chi connectivity index (χ3v) is 5.74. The highest BCUT2D eigenvalue weighted by Gasteiger charge is 2.42. The number of aryl methyl sites for hydroxylation is 3. The summed E-state index contributed by atoms with van der Waals surface area (Å²) in [6.45, 7) is 10.8. The van der Waals surface area contributed by atoms with Crippen molar-refractivity contribution in [2.45, 2.75) is 40.5 Å². The highest BCUT2D eigenvalue weighted by atomic mass is 35.5. The van der Waals surface area contributed by atoms with Crippen LogP contribution >= 0.6 is 12.4 Å². The minimum atomic E-state index is -0.243. The predicted octanol–water partition coefficient (Wildman–Crippen LogP) is 2.58. The molecule has 144 valence electrons. The van der Waals surface area contributed by atoms with Gasteiger partial charge in [-0.1, -0.05) is 24.6 Å². The number of anilines is 1. The number of nitrogens with two attached hydrogens (primary N) is 1. The fourth-order valence-electron chi connectivity index (χ4n) is 4.32. The first-order valence-corrected chi connectivity index (χ1v) is 9.11. The van der Waals surface area contributed by atoms with Gasteiger partial charge in [0.1, 0.15) is 0 Å². The second kappa shape index (κ2) is 7.57. The number of hydrogen-bond acceptors (Lipinski definition) is 3. The largest absolute Gasteiger partial charge is 0.342 e. The van der Waals surface area contributed by atoms with Crippen LogP contribution in [-0.2, 0) is 9.59 Å². The molecule has 0 bridgehead atoms. The first-order valence-electron chi connectivity index (χ1n) is 9.11. The van der Waals surface area contributed by atoms with Crippen molar-refractivity contribution in [3.05, 3.63) is 28.8 Å². The standard InChI is InChI=1S/C20H29N3O2.ClH/c1-13-7-14(2)18(15(3)8-13)23-10-16(9-17(23)24)19(25)22-6-5-20(4,11-21)12-22;/h7-8,16H,5-6,9-12,21H2,1-4H3;1H. The van der Waals surface area contributed by atoms with Crippen molar-refractivity contribution in [2.75, 3.05) is 31.1 Å². The number of halogens is 1. The summed E-state index contributed by atoms with van der Waals surface area (Å²) in [5.41, 5.74) is 10.2. The summed E-state index contributed by atoms with van der Waals surface area (Å²) in [6, 6.07) is 4.19. The summed E-state index contributed by atoms with van der Waals surface area (Å²) >= 11 is 0.